The summed E-state index contributed by atoms with van der Waals surface area (Å²) in [6, 6.07) is 0.0220. The molecule has 0 bridgehead atoms. The molecule has 1 atom stereocenters. The molecule has 0 fully saturated rings. The zero-order valence-corrected chi connectivity index (χ0v) is 10.1. The number of hydrogen-bond acceptors (Lipinski definition) is 1. The summed E-state index contributed by atoms with van der Waals surface area (Å²) in [5.41, 5.74) is 1.10. The Balaban J connectivity index is 2.40. The minimum Gasteiger partial charge on any atom is -0.350 e. The average Bonchev–Trinajstić information content (AvgIpc) is 2.27. The third-order valence-corrected chi connectivity index (χ3v) is 2.82. The maximum Gasteiger partial charge on any atom is 0.220 e. The van der Waals surface area contributed by atoms with Gasteiger partial charge in [0.25, 0.3) is 0 Å². The van der Waals surface area contributed by atoms with Crippen LogP contribution in [0.1, 0.15) is 46.0 Å². The number of carbonyl (C=O) groups is 1. The normalized spacial score (nSPS) is 17.4. The molecule has 0 aromatic carbocycles. The number of rotatable bonds is 5. The highest BCUT2D eigenvalue weighted by Crippen LogP contribution is 2.21. The van der Waals surface area contributed by atoms with Gasteiger partial charge in [-0.15, -0.1) is 0 Å². The topological polar surface area (TPSA) is 29.1 Å². The van der Waals surface area contributed by atoms with Gasteiger partial charge in [0.1, 0.15) is 5.83 Å². The smallest absolute Gasteiger partial charge is 0.220 e. The molecule has 0 spiro atoms. The van der Waals surface area contributed by atoms with Crippen LogP contribution < -0.4 is 5.32 Å². The van der Waals surface area contributed by atoms with Crippen LogP contribution in [0.4, 0.5) is 4.39 Å². The molecule has 0 radical (unpaired) electrons. The number of unbranched alkanes of at least 4 members (excludes halogenated alkanes) is 1. The predicted molar refractivity (Wildman–Crippen MR) is 63.6 cm³/mol. The molecule has 0 aromatic rings. The summed E-state index contributed by atoms with van der Waals surface area (Å²) in [5.74, 6) is 0.0125. The number of nitrogens with one attached hydrogen (secondary N) is 1. The van der Waals surface area contributed by atoms with Gasteiger partial charge in [0.15, 0.2) is 0 Å². The Labute approximate surface area is 96.6 Å². The third-order valence-electron chi connectivity index (χ3n) is 2.82. The van der Waals surface area contributed by atoms with Crippen molar-refractivity contribution in [1.82, 2.24) is 5.32 Å². The first kappa shape index (κ1) is 12.9. The van der Waals surface area contributed by atoms with E-state index in [9.17, 15) is 9.18 Å². The van der Waals surface area contributed by atoms with E-state index in [0.29, 0.717) is 19.3 Å². The van der Waals surface area contributed by atoms with Gasteiger partial charge in [0.2, 0.25) is 5.91 Å². The highest BCUT2D eigenvalue weighted by molar-refractivity contribution is 5.76. The Morgan fingerprint density at radius 3 is 2.81 bits per heavy atom. The summed E-state index contributed by atoms with van der Waals surface area (Å²) in [7, 11) is 0. The van der Waals surface area contributed by atoms with Crippen molar-refractivity contribution < 1.29 is 9.18 Å². The fourth-order valence-electron chi connectivity index (χ4n) is 1.73. The first-order valence-electron chi connectivity index (χ1n) is 5.98. The highest BCUT2D eigenvalue weighted by Gasteiger charge is 2.14. The van der Waals surface area contributed by atoms with E-state index in [1.165, 1.54) is 6.08 Å². The molecular weight excluding hydrogens is 205 g/mol. The van der Waals surface area contributed by atoms with Crippen molar-refractivity contribution in [2.45, 2.75) is 52.0 Å². The first-order valence-corrected chi connectivity index (χ1v) is 5.98. The van der Waals surface area contributed by atoms with Crippen molar-refractivity contribution in [3.8, 4) is 0 Å². The van der Waals surface area contributed by atoms with Crippen LogP contribution in [0.5, 0.6) is 0 Å². The zero-order chi connectivity index (χ0) is 12.0. The second kappa shape index (κ2) is 6.46. The van der Waals surface area contributed by atoms with Gasteiger partial charge in [0.05, 0.1) is 0 Å². The van der Waals surface area contributed by atoms with E-state index in [1.807, 2.05) is 6.92 Å². The number of halogens is 1. The van der Waals surface area contributed by atoms with Crippen LogP contribution in [-0.4, -0.2) is 11.9 Å². The van der Waals surface area contributed by atoms with Crippen LogP contribution in [0.25, 0.3) is 0 Å². The lowest BCUT2D eigenvalue weighted by Gasteiger charge is -2.19. The minimum absolute atomic E-state index is 0.0220. The maximum absolute atomic E-state index is 12.8. The van der Waals surface area contributed by atoms with Crippen LogP contribution >= 0.6 is 0 Å². The Morgan fingerprint density at radius 2 is 2.25 bits per heavy atom. The number of amides is 1. The van der Waals surface area contributed by atoms with Gasteiger partial charge >= 0.3 is 0 Å². The van der Waals surface area contributed by atoms with E-state index in [2.05, 4.69) is 12.2 Å². The van der Waals surface area contributed by atoms with Gasteiger partial charge in [-0.25, -0.2) is 4.39 Å². The summed E-state index contributed by atoms with van der Waals surface area (Å²) in [5, 5.41) is 2.94. The van der Waals surface area contributed by atoms with Gasteiger partial charge in [-0.2, -0.15) is 0 Å². The summed E-state index contributed by atoms with van der Waals surface area (Å²) in [6.45, 7) is 4.01. The van der Waals surface area contributed by atoms with Crippen molar-refractivity contribution in [3.05, 3.63) is 23.6 Å². The third kappa shape index (κ3) is 4.17. The van der Waals surface area contributed by atoms with E-state index in [1.54, 1.807) is 6.08 Å². The van der Waals surface area contributed by atoms with Crippen molar-refractivity contribution in [2.24, 2.45) is 0 Å². The molecule has 0 aliphatic heterocycles. The van der Waals surface area contributed by atoms with Gasteiger partial charge in [-0.3, -0.25) is 4.79 Å². The largest absolute Gasteiger partial charge is 0.350 e. The molecule has 0 aromatic heterocycles. The van der Waals surface area contributed by atoms with E-state index >= 15 is 0 Å². The molecule has 1 aliphatic rings. The van der Waals surface area contributed by atoms with E-state index < -0.39 is 0 Å². The van der Waals surface area contributed by atoms with E-state index in [4.69, 9.17) is 0 Å². The number of allylic oxidation sites excluding steroid dienone is 3. The molecule has 1 N–H and O–H groups in total. The van der Waals surface area contributed by atoms with Gasteiger partial charge < -0.3 is 5.32 Å². The van der Waals surface area contributed by atoms with Crippen molar-refractivity contribution in [2.75, 3.05) is 0 Å². The number of hydrogen-bond donors (Lipinski definition) is 1. The van der Waals surface area contributed by atoms with E-state index in [-0.39, 0.29) is 17.8 Å². The van der Waals surface area contributed by atoms with Crippen LogP contribution in [0.3, 0.4) is 0 Å². The molecular formula is C13H20FNO. The highest BCUT2D eigenvalue weighted by atomic mass is 19.1. The Morgan fingerprint density at radius 1 is 1.50 bits per heavy atom. The fourth-order valence-corrected chi connectivity index (χ4v) is 1.73. The van der Waals surface area contributed by atoms with Crippen LogP contribution in [0.2, 0.25) is 0 Å². The Hall–Kier alpha value is -1.12. The fraction of sp³-hybridized carbons (Fsp3) is 0.615. The summed E-state index contributed by atoms with van der Waals surface area (Å²) < 4.78 is 12.8. The minimum atomic E-state index is -0.0757. The standard InChI is InChI=1S/C13H20FNO/c1-3-4-5-13(16)15-10(2)11-6-8-12(14)9-7-11/h6,8,10H,3-5,7,9H2,1-2H3,(H,15,16). The van der Waals surface area contributed by atoms with E-state index in [0.717, 1.165) is 18.4 Å². The lowest BCUT2D eigenvalue weighted by Crippen LogP contribution is -2.34. The first-order chi connectivity index (χ1) is 7.63. The van der Waals surface area contributed by atoms with Crippen LogP contribution in [0, 0.1) is 0 Å². The van der Waals surface area contributed by atoms with Crippen LogP contribution in [0.15, 0.2) is 23.6 Å². The molecule has 2 nitrogen and oxygen atoms in total. The van der Waals surface area contributed by atoms with Crippen LogP contribution in [-0.2, 0) is 4.79 Å². The number of carbonyl (C=O) groups excluding carboxylic acids is 1. The monoisotopic (exact) mass is 225 g/mol. The van der Waals surface area contributed by atoms with Crippen molar-refractivity contribution >= 4 is 5.91 Å². The maximum atomic E-state index is 12.8. The van der Waals surface area contributed by atoms with Gasteiger partial charge in [0, 0.05) is 18.9 Å². The average molecular weight is 225 g/mol. The molecule has 0 saturated carbocycles. The summed E-state index contributed by atoms with van der Waals surface area (Å²) >= 11 is 0. The zero-order valence-electron chi connectivity index (χ0n) is 10.1. The summed E-state index contributed by atoms with van der Waals surface area (Å²) in [6.07, 6.45) is 6.97. The summed E-state index contributed by atoms with van der Waals surface area (Å²) in [4.78, 5) is 11.5. The molecule has 3 heteroatoms. The lowest BCUT2D eigenvalue weighted by atomic mass is 9.98. The van der Waals surface area contributed by atoms with Crippen molar-refractivity contribution in [3.63, 3.8) is 0 Å². The molecule has 1 amide bonds. The molecule has 16 heavy (non-hydrogen) atoms. The Kier molecular flexibility index (Phi) is 5.23. The second-order valence-electron chi connectivity index (χ2n) is 4.25. The molecule has 1 aliphatic carbocycles. The SMILES string of the molecule is CCCCC(=O)NC(C)C1=CC=C(F)CC1. The van der Waals surface area contributed by atoms with Gasteiger partial charge in [-0.05, 0) is 31.4 Å². The molecule has 1 rings (SSSR count). The molecule has 0 heterocycles. The molecule has 1 unspecified atom stereocenters. The Bertz CT molecular complexity index is 307. The lowest BCUT2D eigenvalue weighted by molar-refractivity contribution is -0.121. The predicted octanol–water partition coefficient (Wildman–Crippen LogP) is 3.25. The van der Waals surface area contributed by atoms with Gasteiger partial charge in [-0.1, -0.05) is 19.4 Å². The second-order valence-corrected chi connectivity index (χ2v) is 4.25. The quantitative estimate of drug-likeness (QED) is 0.764. The molecule has 90 valence electrons. The molecule has 0 saturated heterocycles. The van der Waals surface area contributed by atoms with Crippen molar-refractivity contribution in [1.29, 1.82) is 0 Å².